The van der Waals surface area contributed by atoms with Crippen molar-refractivity contribution >= 4 is 71.3 Å². The molecule has 1 amide bonds. The standard InChI is InChI=1S/C29H31Br3N4O3/c1-28(2,3)17-29(4,5)19-12-23(31)27(24(32)13-19)39-16-26(38)36-33-15-18-11-22(9-10-25(18)37)35-34-21-8-6-7-20(30)14-21/h6-15,37H,16-17H2,1-5H3,(H,36,38)/b33-15-,35-34?. The van der Waals surface area contributed by atoms with Crippen molar-refractivity contribution in [1.29, 1.82) is 0 Å². The van der Waals surface area contributed by atoms with Crippen LogP contribution in [0, 0.1) is 5.41 Å². The number of benzene rings is 3. The summed E-state index contributed by atoms with van der Waals surface area (Å²) in [5.74, 6) is 0.0748. The summed E-state index contributed by atoms with van der Waals surface area (Å²) in [7, 11) is 0. The summed E-state index contributed by atoms with van der Waals surface area (Å²) in [6.07, 6.45) is 2.34. The quantitative estimate of drug-likeness (QED) is 0.131. The van der Waals surface area contributed by atoms with Crippen LogP contribution in [0.4, 0.5) is 11.4 Å². The van der Waals surface area contributed by atoms with Crippen LogP contribution >= 0.6 is 47.8 Å². The van der Waals surface area contributed by atoms with Crippen LogP contribution in [0.2, 0.25) is 0 Å². The molecule has 39 heavy (non-hydrogen) atoms. The van der Waals surface area contributed by atoms with Crippen LogP contribution < -0.4 is 10.2 Å². The van der Waals surface area contributed by atoms with Crippen LogP contribution in [0.5, 0.6) is 11.5 Å². The molecule has 0 aliphatic rings. The summed E-state index contributed by atoms with van der Waals surface area (Å²) in [6, 6.07) is 16.2. The van der Waals surface area contributed by atoms with E-state index in [1.54, 1.807) is 12.1 Å². The molecule has 0 fully saturated rings. The van der Waals surface area contributed by atoms with Crippen molar-refractivity contribution in [1.82, 2.24) is 5.43 Å². The molecule has 3 rings (SSSR count). The van der Waals surface area contributed by atoms with Gasteiger partial charge in [0, 0.05) is 10.0 Å². The SMILES string of the molecule is CC(C)(C)CC(C)(C)c1cc(Br)c(OCC(=O)N/N=C\c2cc(N=Nc3cccc(Br)c3)ccc2O)c(Br)c1. The first-order chi connectivity index (χ1) is 18.2. The number of ether oxygens (including phenoxy) is 1. The topological polar surface area (TPSA) is 95.6 Å². The molecule has 0 bridgehead atoms. The minimum absolute atomic E-state index is 0.00649. The number of carbonyl (C=O) groups excluding carboxylic acids is 1. The second-order valence-electron chi connectivity index (χ2n) is 10.9. The van der Waals surface area contributed by atoms with E-state index in [2.05, 4.69) is 103 Å². The van der Waals surface area contributed by atoms with Gasteiger partial charge in [0.2, 0.25) is 0 Å². The second-order valence-corrected chi connectivity index (χ2v) is 13.5. The summed E-state index contributed by atoms with van der Waals surface area (Å²) >= 11 is 10.6. The number of amides is 1. The Morgan fingerprint density at radius 2 is 1.59 bits per heavy atom. The van der Waals surface area contributed by atoms with Gasteiger partial charge in [0.15, 0.2) is 6.61 Å². The molecule has 2 N–H and O–H groups in total. The minimum atomic E-state index is -0.452. The van der Waals surface area contributed by atoms with Crippen LogP contribution in [0.25, 0.3) is 0 Å². The summed E-state index contributed by atoms with van der Waals surface area (Å²) in [6.45, 7) is 10.9. The third-order valence-corrected chi connectivity index (χ3v) is 7.26. The number of carbonyl (C=O) groups is 1. The smallest absolute Gasteiger partial charge is 0.277 e. The lowest BCUT2D eigenvalue weighted by atomic mass is 9.72. The zero-order valence-corrected chi connectivity index (χ0v) is 27.2. The van der Waals surface area contributed by atoms with E-state index < -0.39 is 5.91 Å². The van der Waals surface area contributed by atoms with Crippen molar-refractivity contribution < 1.29 is 14.6 Å². The van der Waals surface area contributed by atoms with E-state index in [4.69, 9.17) is 4.74 Å². The lowest BCUT2D eigenvalue weighted by Crippen LogP contribution is -2.26. The van der Waals surface area contributed by atoms with E-state index in [0.29, 0.717) is 22.7 Å². The van der Waals surface area contributed by atoms with Crippen LogP contribution in [0.1, 0.15) is 52.2 Å². The van der Waals surface area contributed by atoms with Gasteiger partial charge >= 0.3 is 0 Å². The number of nitrogens with one attached hydrogen (secondary N) is 1. The minimum Gasteiger partial charge on any atom is -0.507 e. The number of hydrogen-bond donors (Lipinski definition) is 2. The fourth-order valence-corrected chi connectivity index (χ4v) is 6.02. The van der Waals surface area contributed by atoms with Crippen LogP contribution in [-0.4, -0.2) is 23.8 Å². The molecule has 0 spiro atoms. The highest BCUT2D eigenvalue weighted by atomic mass is 79.9. The molecule has 0 saturated carbocycles. The Balaban J connectivity index is 1.61. The predicted octanol–water partition coefficient (Wildman–Crippen LogP) is 9.34. The molecule has 0 aliphatic heterocycles. The number of azo groups is 1. The molecule has 10 heteroatoms. The van der Waals surface area contributed by atoms with Crippen molar-refractivity contribution in [3.8, 4) is 11.5 Å². The number of phenols is 1. The Labute approximate surface area is 254 Å². The van der Waals surface area contributed by atoms with E-state index in [9.17, 15) is 9.90 Å². The van der Waals surface area contributed by atoms with E-state index in [-0.39, 0.29) is 23.2 Å². The van der Waals surface area contributed by atoms with Crippen LogP contribution in [0.15, 0.2) is 83.3 Å². The van der Waals surface area contributed by atoms with Crippen molar-refractivity contribution in [3.05, 3.63) is 79.1 Å². The summed E-state index contributed by atoms with van der Waals surface area (Å²) in [5.41, 5.74) is 5.29. The highest BCUT2D eigenvalue weighted by Gasteiger charge is 2.28. The van der Waals surface area contributed by atoms with Gasteiger partial charge in [0.05, 0.1) is 26.5 Å². The predicted molar refractivity (Wildman–Crippen MR) is 167 cm³/mol. The van der Waals surface area contributed by atoms with E-state index in [0.717, 1.165) is 25.4 Å². The number of nitrogens with zero attached hydrogens (tertiary/aromatic N) is 3. The number of hydrogen-bond acceptors (Lipinski definition) is 6. The fourth-order valence-electron chi connectivity index (χ4n) is 4.22. The average Bonchev–Trinajstić information content (AvgIpc) is 2.82. The Kier molecular flexibility index (Phi) is 10.5. The monoisotopic (exact) mass is 720 g/mol. The maximum absolute atomic E-state index is 12.4. The molecule has 0 saturated heterocycles. The van der Waals surface area contributed by atoms with E-state index in [1.807, 2.05) is 36.4 Å². The van der Waals surface area contributed by atoms with Gasteiger partial charge in [0.1, 0.15) is 11.5 Å². The van der Waals surface area contributed by atoms with Gasteiger partial charge in [-0.15, -0.1) is 0 Å². The molecule has 0 unspecified atom stereocenters. The Morgan fingerprint density at radius 3 is 2.21 bits per heavy atom. The first-order valence-electron chi connectivity index (χ1n) is 12.2. The fraction of sp³-hybridized carbons (Fsp3) is 0.310. The first kappa shape index (κ1) is 31.0. The number of hydrazone groups is 1. The lowest BCUT2D eigenvalue weighted by molar-refractivity contribution is -0.123. The number of rotatable bonds is 9. The van der Waals surface area contributed by atoms with E-state index in [1.165, 1.54) is 12.3 Å². The average molecular weight is 723 g/mol. The maximum atomic E-state index is 12.4. The first-order valence-corrected chi connectivity index (χ1v) is 14.6. The summed E-state index contributed by atoms with van der Waals surface area (Å²) < 4.78 is 8.17. The van der Waals surface area contributed by atoms with Crippen molar-refractivity contribution in [2.45, 2.75) is 46.5 Å². The molecule has 0 aliphatic carbocycles. The third kappa shape index (κ3) is 9.54. The third-order valence-electron chi connectivity index (χ3n) is 5.59. The summed E-state index contributed by atoms with van der Waals surface area (Å²) in [4.78, 5) is 12.4. The van der Waals surface area contributed by atoms with Crippen LogP contribution in [0.3, 0.4) is 0 Å². The molecule has 3 aromatic carbocycles. The Hall–Kier alpha value is -2.56. The second kappa shape index (κ2) is 13.2. The Morgan fingerprint density at radius 1 is 0.949 bits per heavy atom. The van der Waals surface area contributed by atoms with Gasteiger partial charge in [-0.1, -0.05) is 56.6 Å². The van der Waals surface area contributed by atoms with Gasteiger partial charge in [-0.25, -0.2) is 5.43 Å². The summed E-state index contributed by atoms with van der Waals surface area (Å²) in [5, 5.41) is 22.5. The largest absolute Gasteiger partial charge is 0.507 e. The molecule has 0 aromatic heterocycles. The number of halogens is 3. The van der Waals surface area contributed by atoms with Gasteiger partial charge in [-0.05, 0) is 103 Å². The molecule has 0 radical (unpaired) electrons. The molecule has 206 valence electrons. The lowest BCUT2D eigenvalue weighted by Gasteiger charge is -2.33. The molecule has 0 atom stereocenters. The van der Waals surface area contributed by atoms with Gasteiger partial charge in [-0.2, -0.15) is 15.3 Å². The molecule has 3 aromatic rings. The van der Waals surface area contributed by atoms with Crippen molar-refractivity contribution in [3.63, 3.8) is 0 Å². The van der Waals surface area contributed by atoms with Crippen molar-refractivity contribution in [2.24, 2.45) is 20.7 Å². The normalized spacial score (nSPS) is 12.3. The molecular formula is C29H31Br3N4O3. The highest BCUT2D eigenvalue weighted by Crippen LogP contribution is 2.42. The molecular weight excluding hydrogens is 692 g/mol. The maximum Gasteiger partial charge on any atom is 0.277 e. The molecule has 7 nitrogen and oxygen atoms in total. The highest BCUT2D eigenvalue weighted by molar-refractivity contribution is 9.11. The van der Waals surface area contributed by atoms with Crippen LogP contribution in [-0.2, 0) is 10.2 Å². The molecule has 0 heterocycles. The Bertz CT molecular complexity index is 1380. The van der Waals surface area contributed by atoms with Gasteiger partial charge in [0.25, 0.3) is 5.91 Å². The zero-order valence-electron chi connectivity index (χ0n) is 22.4. The van der Waals surface area contributed by atoms with Crippen molar-refractivity contribution in [2.75, 3.05) is 6.61 Å². The number of aromatic hydroxyl groups is 1. The zero-order chi connectivity index (χ0) is 28.8. The van der Waals surface area contributed by atoms with Gasteiger partial charge < -0.3 is 9.84 Å². The van der Waals surface area contributed by atoms with E-state index >= 15 is 0 Å². The van der Waals surface area contributed by atoms with Gasteiger partial charge in [-0.3, -0.25) is 4.79 Å². The number of phenolic OH excluding ortho intramolecular Hbond substituents is 1.